The number of hydrogen-bond acceptors (Lipinski definition) is 3. The fourth-order valence-electron chi connectivity index (χ4n) is 2.83. The quantitative estimate of drug-likeness (QED) is 0.904. The second-order valence-electron chi connectivity index (χ2n) is 5.19. The second kappa shape index (κ2) is 5.08. The van der Waals surface area contributed by atoms with Crippen molar-refractivity contribution in [1.82, 2.24) is 0 Å². The fourth-order valence-corrected chi connectivity index (χ4v) is 2.83. The lowest BCUT2D eigenvalue weighted by Gasteiger charge is -2.31. The lowest BCUT2D eigenvalue weighted by molar-refractivity contribution is 0.183. The molecule has 0 spiro atoms. The van der Waals surface area contributed by atoms with E-state index in [0.717, 1.165) is 17.7 Å². The molecule has 104 valence electrons. The number of para-hydroxylation sites is 1. The van der Waals surface area contributed by atoms with Gasteiger partial charge in [-0.2, -0.15) is 0 Å². The number of fused-ring (bicyclic) bond motifs is 1. The van der Waals surface area contributed by atoms with E-state index in [-0.39, 0.29) is 17.8 Å². The van der Waals surface area contributed by atoms with Gasteiger partial charge < -0.3 is 14.6 Å². The summed E-state index contributed by atoms with van der Waals surface area (Å²) < 4.78 is 11.1. The molecule has 1 heterocycles. The molecule has 0 bridgehead atoms. The molecule has 0 aliphatic carbocycles. The first-order valence-corrected chi connectivity index (χ1v) is 6.81. The van der Waals surface area contributed by atoms with Crippen molar-refractivity contribution in [2.45, 2.75) is 25.4 Å². The molecule has 0 aromatic heterocycles. The van der Waals surface area contributed by atoms with Crippen LogP contribution in [0.2, 0.25) is 0 Å². The summed E-state index contributed by atoms with van der Waals surface area (Å²) in [6.45, 7) is 2.08. The van der Waals surface area contributed by atoms with Crippen molar-refractivity contribution in [2.24, 2.45) is 0 Å². The first-order valence-electron chi connectivity index (χ1n) is 6.81. The minimum absolute atomic E-state index is 0.171. The highest BCUT2D eigenvalue weighted by Gasteiger charge is 2.27. The molecule has 2 aromatic carbocycles. The Kier molecular flexibility index (Phi) is 3.26. The van der Waals surface area contributed by atoms with Crippen LogP contribution in [0, 0.1) is 0 Å². The van der Waals surface area contributed by atoms with Crippen LogP contribution < -0.4 is 9.47 Å². The van der Waals surface area contributed by atoms with Gasteiger partial charge in [0.25, 0.3) is 0 Å². The molecule has 1 aliphatic rings. The van der Waals surface area contributed by atoms with Gasteiger partial charge in [-0.3, -0.25) is 0 Å². The molecule has 20 heavy (non-hydrogen) atoms. The van der Waals surface area contributed by atoms with Crippen molar-refractivity contribution in [1.29, 1.82) is 0 Å². The second-order valence-corrected chi connectivity index (χ2v) is 5.19. The van der Waals surface area contributed by atoms with Gasteiger partial charge in [-0.15, -0.1) is 0 Å². The molecule has 0 amide bonds. The molecule has 0 fully saturated rings. The first kappa shape index (κ1) is 12.9. The third-order valence-electron chi connectivity index (χ3n) is 3.80. The Morgan fingerprint density at radius 3 is 2.80 bits per heavy atom. The highest BCUT2D eigenvalue weighted by atomic mass is 16.5. The molecule has 2 atom stereocenters. The fraction of sp³-hybridized carbons (Fsp3) is 0.294. The highest BCUT2D eigenvalue weighted by molar-refractivity contribution is 5.49. The van der Waals surface area contributed by atoms with Crippen molar-refractivity contribution in [3.05, 3.63) is 53.6 Å². The van der Waals surface area contributed by atoms with Crippen LogP contribution in [-0.4, -0.2) is 18.3 Å². The van der Waals surface area contributed by atoms with E-state index in [9.17, 15) is 5.11 Å². The average molecular weight is 270 g/mol. The van der Waals surface area contributed by atoms with Crippen molar-refractivity contribution >= 4 is 0 Å². The number of phenols is 1. The maximum Gasteiger partial charge on any atom is 0.160 e. The molecule has 3 rings (SSSR count). The van der Waals surface area contributed by atoms with Gasteiger partial charge in [0.2, 0.25) is 0 Å². The van der Waals surface area contributed by atoms with Crippen LogP contribution in [-0.2, 0) is 0 Å². The van der Waals surface area contributed by atoms with Gasteiger partial charge in [0.1, 0.15) is 5.75 Å². The number of rotatable bonds is 2. The standard InChI is InChI=1S/C17H18O3/c1-11-9-14(13-5-3-4-6-16(13)20-11)12-7-8-15(18)17(10-12)19-2/h3-8,10-11,14,18H,9H2,1-2H3. The van der Waals surface area contributed by atoms with Crippen molar-refractivity contribution in [3.63, 3.8) is 0 Å². The number of ether oxygens (including phenoxy) is 2. The monoisotopic (exact) mass is 270 g/mol. The number of aromatic hydroxyl groups is 1. The molecular formula is C17H18O3. The Balaban J connectivity index is 2.06. The van der Waals surface area contributed by atoms with Crippen molar-refractivity contribution in [2.75, 3.05) is 7.11 Å². The van der Waals surface area contributed by atoms with Gasteiger partial charge in [0, 0.05) is 11.5 Å². The van der Waals surface area contributed by atoms with E-state index in [1.54, 1.807) is 13.2 Å². The summed E-state index contributed by atoms with van der Waals surface area (Å²) in [5, 5.41) is 9.73. The third-order valence-corrected chi connectivity index (χ3v) is 3.80. The van der Waals surface area contributed by atoms with Gasteiger partial charge in [0.15, 0.2) is 11.5 Å². The average Bonchev–Trinajstić information content (AvgIpc) is 2.47. The summed E-state index contributed by atoms with van der Waals surface area (Å²) in [4.78, 5) is 0. The van der Waals surface area contributed by atoms with Crippen LogP contribution in [0.25, 0.3) is 0 Å². The van der Waals surface area contributed by atoms with E-state index >= 15 is 0 Å². The summed E-state index contributed by atoms with van der Waals surface area (Å²) in [6, 6.07) is 13.7. The maximum absolute atomic E-state index is 9.73. The van der Waals surface area contributed by atoms with Crippen LogP contribution >= 0.6 is 0 Å². The lowest BCUT2D eigenvalue weighted by Crippen LogP contribution is -2.23. The van der Waals surface area contributed by atoms with Gasteiger partial charge in [0.05, 0.1) is 13.2 Å². The van der Waals surface area contributed by atoms with Crippen LogP contribution in [0.3, 0.4) is 0 Å². The summed E-state index contributed by atoms with van der Waals surface area (Å²) in [6.07, 6.45) is 1.10. The lowest BCUT2D eigenvalue weighted by atomic mass is 9.84. The van der Waals surface area contributed by atoms with E-state index in [4.69, 9.17) is 9.47 Å². The topological polar surface area (TPSA) is 38.7 Å². The summed E-state index contributed by atoms with van der Waals surface area (Å²) >= 11 is 0. The molecule has 3 heteroatoms. The predicted octanol–water partition coefficient (Wildman–Crippen LogP) is 3.70. The molecule has 3 nitrogen and oxygen atoms in total. The van der Waals surface area contributed by atoms with E-state index in [2.05, 4.69) is 13.0 Å². The van der Waals surface area contributed by atoms with Gasteiger partial charge in [-0.25, -0.2) is 0 Å². The summed E-state index contributed by atoms with van der Waals surface area (Å²) in [7, 11) is 1.57. The first-order chi connectivity index (χ1) is 9.69. The van der Waals surface area contributed by atoms with Crippen molar-refractivity contribution < 1.29 is 14.6 Å². The van der Waals surface area contributed by atoms with Gasteiger partial charge >= 0.3 is 0 Å². The maximum atomic E-state index is 9.73. The molecular weight excluding hydrogens is 252 g/mol. The minimum atomic E-state index is 0.171. The summed E-state index contributed by atoms with van der Waals surface area (Å²) in [5.74, 6) is 1.90. The van der Waals surface area contributed by atoms with Crippen molar-refractivity contribution in [3.8, 4) is 17.2 Å². The summed E-state index contributed by atoms with van der Waals surface area (Å²) in [5.41, 5.74) is 2.33. The smallest absolute Gasteiger partial charge is 0.160 e. The van der Waals surface area contributed by atoms with E-state index in [1.165, 1.54) is 5.56 Å². The Morgan fingerprint density at radius 1 is 1.20 bits per heavy atom. The Morgan fingerprint density at radius 2 is 2.00 bits per heavy atom. The molecule has 1 N–H and O–H groups in total. The zero-order chi connectivity index (χ0) is 14.1. The number of benzene rings is 2. The zero-order valence-electron chi connectivity index (χ0n) is 11.7. The number of methoxy groups -OCH3 is 1. The Bertz CT molecular complexity index is 621. The molecule has 2 unspecified atom stereocenters. The van der Waals surface area contributed by atoms with E-state index in [1.807, 2.05) is 30.3 Å². The SMILES string of the molecule is COc1cc(C2CC(C)Oc3ccccc32)ccc1O. The number of hydrogen-bond donors (Lipinski definition) is 1. The Labute approximate surface area is 118 Å². The molecule has 2 aromatic rings. The van der Waals surface area contributed by atoms with Gasteiger partial charge in [-0.05, 0) is 37.1 Å². The number of phenolic OH excluding ortho intramolecular Hbond substituents is 1. The van der Waals surface area contributed by atoms with Crippen LogP contribution in [0.15, 0.2) is 42.5 Å². The zero-order valence-corrected chi connectivity index (χ0v) is 11.7. The molecule has 0 saturated heterocycles. The van der Waals surface area contributed by atoms with Crippen LogP contribution in [0.5, 0.6) is 17.2 Å². The third kappa shape index (κ3) is 2.20. The minimum Gasteiger partial charge on any atom is -0.504 e. The Hall–Kier alpha value is -2.16. The predicted molar refractivity (Wildman–Crippen MR) is 77.7 cm³/mol. The van der Waals surface area contributed by atoms with E-state index < -0.39 is 0 Å². The normalized spacial score (nSPS) is 20.9. The molecule has 0 radical (unpaired) electrons. The van der Waals surface area contributed by atoms with Crippen LogP contribution in [0.1, 0.15) is 30.4 Å². The largest absolute Gasteiger partial charge is 0.504 e. The highest BCUT2D eigenvalue weighted by Crippen LogP contribution is 2.42. The van der Waals surface area contributed by atoms with Gasteiger partial charge in [-0.1, -0.05) is 24.3 Å². The van der Waals surface area contributed by atoms with Crippen LogP contribution in [0.4, 0.5) is 0 Å². The van der Waals surface area contributed by atoms with E-state index in [0.29, 0.717) is 5.75 Å². The molecule has 1 aliphatic heterocycles. The molecule has 0 saturated carbocycles.